The van der Waals surface area contributed by atoms with Crippen molar-refractivity contribution >= 4 is 11.9 Å². The molecule has 0 radical (unpaired) electrons. The van der Waals surface area contributed by atoms with Crippen molar-refractivity contribution in [3.63, 3.8) is 0 Å². The minimum atomic E-state index is -1.02. The Morgan fingerprint density at radius 2 is 2.16 bits per heavy atom. The summed E-state index contributed by atoms with van der Waals surface area (Å²) >= 11 is 0. The molecule has 1 aromatic rings. The zero-order valence-electron chi connectivity index (χ0n) is 11.0. The van der Waals surface area contributed by atoms with Gasteiger partial charge in [-0.1, -0.05) is 25.5 Å². The molecule has 0 atom stereocenters. The van der Waals surface area contributed by atoms with Crippen LogP contribution in [0.1, 0.15) is 31.7 Å². The van der Waals surface area contributed by atoms with E-state index in [-0.39, 0.29) is 12.5 Å². The Labute approximate surface area is 112 Å². The van der Waals surface area contributed by atoms with E-state index >= 15 is 0 Å². The van der Waals surface area contributed by atoms with Crippen molar-refractivity contribution < 1.29 is 19.4 Å². The van der Waals surface area contributed by atoms with Gasteiger partial charge in [-0.05, 0) is 24.1 Å². The molecule has 1 amide bonds. The standard InChI is InChI=1S/C14H19NO4/c1-2-3-7-13(16)15-9-11-5-4-6-12(8-11)19-10-14(17)18/h4-6,8H,2-3,7,9-10H2,1H3,(H,15,16)(H,17,18). The molecule has 2 N–H and O–H groups in total. The lowest BCUT2D eigenvalue weighted by Gasteiger charge is -2.07. The van der Waals surface area contributed by atoms with Crippen LogP contribution in [0.4, 0.5) is 0 Å². The van der Waals surface area contributed by atoms with Gasteiger partial charge in [0, 0.05) is 13.0 Å². The predicted octanol–water partition coefficient (Wildman–Crippen LogP) is 1.96. The molecule has 19 heavy (non-hydrogen) atoms. The van der Waals surface area contributed by atoms with Crippen molar-refractivity contribution in [2.24, 2.45) is 0 Å². The number of unbranched alkanes of at least 4 members (excludes halogenated alkanes) is 1. The van der Waals surface area contributed by atoms with E-state index in [0.29, 0.717) is 18.7 Å². The summed E-state index contributed by atoms with van der Waals surface area (Å²) < 4.78 is 5.07. The molecule has 0 spiro atoms. The Morgan fingerprint density at radius 3 is 2.84 bits per heavy atom. The van der Waals surface area contributed by atoms with Crippen LogP contribution in [0.15, 0.2) is 24.3 Å². The summed E-state index contributed by atoms with van der Waals surface area (Å²) in [5, 5.41) is 11.3. The van der Waals surface area contributed by atoms with Crippen LogP contribution in [-0.2, 0) is 16.1 Å². The molecule has 1 aromatic carbocycles. The van der Waals surface area contributed by atoms with Gasteiger partial charge in [-0.25, -0.2) is 4.79 Å². The highest BCUT2D eigenvalue weighted by Crippen LogP contribution is 2.13. The van der Waals surface area contributed by atoms with Crippen molar-refractivity contribution in [1.29, 1.82) is 0 Å². The molecule has 1 rings (SSSR count). The van der Waals surface area contributed by atoms with E-state index in [4.69, 9.17) is 9.84 Å². The number of rotatable bonds is 8. The summed E-state index contributed by atoms with van der Waals surface area (Å²) in [7, 11) is 0. The quantitative estimate of drug-likeness (QED) is 0.753. The number of hydrogen-bond donors (Lipinski definition) is 2. The molecule has 0 heterocycles. The monoisotopic (exact) mass is 265 g/mol. The molecule has 5 heteroatoms. The van der Waals surface area contributed by atoms with Gasteiger partial charge in [0.2, 0.25) is 5.91 Å². The van der Waals surface area contributed by atoms with Crippen LogP contribution in [0.25, 0.3) is 0 Å². The Bertz CT molecular complexity index is 431. The second kappa shape index (κ2) is 8.13. The van der Waals surface area contributed by atoms with Gasteiger partial charge >= 0.3 is 5.97 Å². The average Bonchev–Trinajstić information content (AvgIpc) is 2.41. The van der Waals surface area contributed by atoms with Crippen molar-refractivity contribution in [2.45, 2.75) is 32.7 Å². The number of ether oxygens (including phenoxy) is 1. The third-order valence-electron chi connectivity index (χ3n) is 2.51. The summed E-state index contributed by atoms with van der Waals surface area (Å²) in [6, 6.07) is 7.03. The normalized spacial score (nSPS) is 9.95. The molecule has 0 aliphatic heterocycles. The maximum Gasteiger partial charge on any atom is 0.341 e. The average molecular weight is 265 g/mol. The van der Waals surface area contributed by atoms with Crippen molar-refractivity contribution in [3.8, 4) is 5.75 Å². The van der Waals surface area contributed by atoms with E-state index in [2.05, 4.69) is 5.32 Å². The molecule has 0 aliphatic carbocycles. The number of carboxylic acids is 1. The van der Waals surface area contributed by atoms with Crippen LogP contribution in [0.3, 0.4) is 0 Å². The highest BCUT2D eigenvalue weighted by atomic mass is 16.5. The fourth-order valence-electron chi connectivity index (χ4n) is 1.52. The minimum Gasteiger partial charge on any atom is -0.482 e. The van der Waals surface area contributed by atoms with Gasteiger partial charge in [0.1, 0.15) is 5.75 Å². The van der Waals surface area contributed by atoms with Crippen LogP contribution in [-0.4, -0.2) is 23.6 Å². The lowest BCUT2D eigenvalue weighted by Crippen LogP contribution is -2.22. The van der Waals surface area contributed by atoms with Crippen molar-refractivity contribution in [2.75, 3.05) is 6.61 Å². The number of carbonyl (C=O) groups excluding carboxylic acids is 1. The molecule has 0 unspecified atom stereocenters. The second-order valence-corrected chi connectivity index (χ2v) is 4.21. The van der Waals surface area contributed by atoms with E-state index in [0.717, 1.165) is 18.4 Å². The van der Waals surface area contributed by atoms with Gasteiger partial charge < -0.3 is 15.2 Å². The Kier molecular flexibility index (Phi) is 6.43. The van der Waals surface area contributed by atoms with Crippen LogP contribution < -0.4 is 10.1 Å². The third kappa shape index (κ3) is 6.45. The summed E-state index contributed by atoms with van der Waals surface area (Å²) in [4.78, 5) is 21.8. The van der Waals surface area contributed by atoms with Crippen LogP contribution >= 0.6 is 0 Å². The molecule has 0 saturated carbocycles. The first-order valence-electron chi connectivity index (χ1n) is 6.32. The summed E-state index contributed by atoms with van der Waals surface area (Å²) in [5.41, 5.74) is 0.882. The van der Waals surface area contributed by atoms with Gasteiger partial charge in [-0.3, -0.25) is 4.79 Å². The number of nitrogens with one attached hydrogen (secondary N) is 1. The fourth-order valence-corrected chi connectivity index (χ4v) is 1.52. The second-order valence-electron chi connectivity index (χ2n) is 4.21. The topological polar surface area (TPSA) is 75.6 Å². The smallest absolute Gasteiger partial charge is 0.341 e. The number of amides is 1. The predicted molar refractivity (Wildman–Crippen MR) is 70.9 cm³/mol. The van der Waals surface area contributed by atoms with Gasteiger partial charge in [0.05, 0.1) is 0 Å². The number of hydrogen-bond acceptors (Lipinski definition) is 3. The minimum absolute atomic E-state index is 0.0266. The van der Waals surface area contributed by atoms with Gasteiger partial charge in [-0.15, -0.1) is 0 Å². The molecule has 0 fully saturated rings. The zero-order chi connectivity index (χ0) is 14.1. The van der Waals surface area contributed by atoms with E-state index in [1.54, 1.807) is 18.2 Å². The summed E-state index contributed by atoms with van der Waals surface area (Å²) in [5.74, 6) is -0.500. The molecular weight excluding hydrogens is 246 g/mol. The maximum atomic E-state index is 11.5. The number of aliphatic carboxylic acids is 1. The Balaban J connectivity index is 2.43. The van der Waals surface area contributed by atoms with Crippen LogP contribution in [0, 0.1) is 0 Å². The number of carbonyl (C=O) groups is 2. The molecule has 0 aromatic heterocycles. The third-order valence-corrected chi connectivity index (χ3v) is 2.51. The molecular formula is C14H19NO4. The Hall–Kier alpha value is -2.04. The summed E-state index contributed by atoms with van der Waals surface area (Å²) in [6.45, 7) is 2.09. The highest BCUT2D eigenvalue weighted by Gasteiger charge is 2.03. The summed E-state index contributed by atoms with van der Waals surface area (Å²) in [6.07, 6.45) is 2.41. The lowest BCUT2D eigenvalue weighted by atomic mass is 10.2. The molecule has 5 nitrogen and oxygen atoms in total. The van der Waals surface area contributed by atoms with E-state index in [1.165, 1.54) is 0 Å². The van der Waals surface area contributed by atoms with E-state index < -0.39 is 5.97 Å². The first-order valence-corrected chi connectivity index (χ1v) is 6.32. The van der Waals surface area contributed by atoms with E-state index in [9.17, 15) is 9.59 Å². The first-order chi connectivity index (χ1) is 9.11. The largest absolute Gasteiger partial charge is 0.482 e. The van der Waals surface area contributed by atoms with Crippen LogP contribution in [0.2, 0.25) is 0 Å². The van der Waals surface area contributed by atoms with Crippen LogP contribution in [0.5, 0.6) is 5.75 Å². The SMILES string of the molecule is CCCCC(=O)NCc1cccc(OCC(=O)O)c1. The van der Waals surface area contributed by atoms with Crippen molar-refractivity contribution in [1.82, 2.24) is 5.32 Å². The molecule has 0 saturated heterocycles. The Morgan fingerprint density at radius 1 is 1.37 bits per heavy atom. The zero-order valence-corrected chi connectivity index (χ0v) is 11.0. The fraction of sp³-hybridized carbons (Fsp3) is 0.429. The van der Waals surface area contributed by atoms with Gasteiger partial charge in [0.25, 0.3) is 0 Å². The van der Waals surface area contributed by atoms with Crippen molar-refractivity contribution in [3.05, 3.63) is 29.8 Å². The molecule has 104 valence electrons. The molecule has 0 aliphatic rings. The number of carboxylic acid groups (broad SMARTS) is 1. The maximum absolute atomic E-state index is 11.5. The van der Waals surface area contributed by atoms with Gasteiger partial charge in [0.15, 0.2) is 6.61 Å². The highest BCUT2D eigenvalue weighted by molar-refractivity contribution is 5.75. The first kappa shape index (κ1) is 15.0. The van der Waals surface area contributed by atoms with E-state index in [1.807, 2.05) is 13.0 Å². The number of benzene rings is 1. The van der Waals surface area contributed by atoms with Gasteiger partial charge in [-0.2, -0.15) is 0 Å². The molecule has 0 bridgehead atoms. The lowest BCUT2D eigenvalue weighted by molar-refractivity contribution is -0.139.